The average Bonchev–Trinajstić information content (AvgIpc) is 2.77. The van der Waals surface area contributed by atoms with Gasteiger partial charge in [-0.05, 0) is 38.1 Å². The predicted octanol–water partition coefficient (Wildman–Crippen LogP) is -0.205. The lowest BCUT2D eigenvalue weighted by molar-refractivity contribution is -0.190. The van der Waals surface area contributed by atoms with Gasteiger partial charge in [-0.2, -0.15) is 0 Å². The quantitative estimate of drug-likeness (QED) is 0.433. The number of amides is 1. The Morgan fingerprint density at radius 3 is 2.34 bits per heavy atom. The molecule has 2 aliphatic heterocycles. The number of piperidine rings is 1. The fourth-order valence-electron chi connectivity index (χ4n) is 4.09. The Hall–Kier alpha value is -3.18. The Balaban J connectivity index is 1.87. The molecule has 0 spiro atoms. The number of rotatable bonds is 9. The number of carbonyl (C=O) groups is 4. The van der Waals surface area contributed by atoms with Crippen molar-refractivity contribution in [2.24, 2.45) is 0 Å². The van der Waals surface area contributed by atoms with Crippen LogP contribution in [-0.4, -0.2) is 94.7 Å². The highest BCUT2D eigenvalue weighted by atomic mass is 16.6. The number of nitrogens with zero attached hydrogens (tertiary/aromatic N) is 2. The van der Waals surface area contributed by atoms with Crippen LogP contribution >= 0.6 is 0 Å². The second kappa shape index (κ2) is 9.96. The number of hydrogen-bond acceptors (Lipinski definition) is 8. The molecule has 0 saturated carbocycles. The largest absolute Gasteiger partial charge is 0.479 e. The maximum Gasteiger partial charge on any atom is 0.378 e. The van der Waals surface area contributed by atoms with Crippen molar-refractivity contribution < 1.29 is 38.9 Å². The second-order valence-electron chi connectivity index (χ2n) is 7.73. The van der Waals surface area contributed by atoms with E-state index in [0.29, 0.717) is 6.54 Å². The van der Waals surface area contributed by atoms with Gasteiger partial charge < -0.3 is 25.0 Å². The van der Waals surface area contributed by atoms with Crippen LogP contribution in [0.1, 0.15) is 19.8 Å². The van der Waals surface area contributed by atoms with E-state index in [2.05, 4.69) is 5.32 Å². The van der Waals surface area contributed by atoms with Gasteiger partial charge in [-0.15, -0.1) is 0 Å². The van der Waals surface area contributed by atoms with E-state index in [0.717, 1.165) is 37.8 Å². The Kier molecular flexibility index (Phi) is 7.31. The third-order valence-corrected chi connectivity index (χ3v) is 5.68. The highest BCUT2D eigenvalue weighted by Gasteiger charge is 2.56. The molecule has 0 aliphatic carbocycles. The van der Waals surface area contributed by atoms with Crippen LogP contribution in [0.4, 0.5) is 0 Å². The lowest BCUT2D eigenvalue weighted by Gasteiger charge is -2.45. The van der Waals surface area contributed by atoms with Gasteiger partial charge in [0.15, 0.2) is 18.1 Å². The van der Waals surface area contributed by atoms with Crippen molar-refractivity contribution in [2.75, 3.05) is 39.3 Å². The molecule has 2 aliphatic rings. The maximum absolute atomic E-state index is 13.1. The number of para-hydroxylation sites is 2. The predicted molar refractivity (Wildman–Crippen MR) is 110 cm³/mol. The Morgan fingerprint density at radius 2 is 1.78 bits per heavy atom. The number of Topliss-reactive ketones (excluding diaryl/α,β-unsaturated/α-hetero) is 1. The third kappa shape index (κ3) is 4.83. The van der Waals surface area contributed by atoms with Crippen LogP contribution in [0.5, 0.6) is 11.5 Å². The highest BCUT2D eigenvalue weighted by Crippen LogP contribution is 2.33. The first-order valence-corrected chi connectivity index (χ1v) is 10.4. The van der Waals surface area contributed by atoms with Gasteiger partial charge in [-0.1, -0.05) is 12.1 Å². The number of aliphatic carboxylic acids is 2. The van der Waals surface area contributed by atoms with Crippen LogP contribution in [0.15, 0.2) is 24.3 Å². The Morgan fingerprint density at radius 1 is 1.12 bits per heavy atom. The molecule has 1 unspecified atom stereocenters. The van der Waals surface area contributed by atoms with Crippen LogP contribution in [0.2, 0.25) is 0 Å². The van der Waals surface area contributed by atoms with E-state index in [1.807, 2.05) is 4.90 Å². The Labute approximate surface area is 184 Å². The number of ether oxygens (including phenoxy) is 2. The molecular weight excluding hydrogens is 422 g/mol. The molecule has 2 heterocycles. The maximum atomic E-state index is 13.1. The van der Waals surface area contributed by atoms with E-state index in [1.54, 1.807) is 6.07 Å². The van der Waals surface area contributed by atoms with Crippen molar-refractivity contribution in [3.63, 3.8) is 0 Å². The summed E-state index contributed by atoms with van der Waals surface area (Å²) in [4.78, 5) is 51.9. The van der Waals surface area contributed by atoms with Crippen LogP contribution < -0.4 is 14.8 Å². The fourth-order valence-corrected chi connectivity index (χ4v) is 4.09. The molecule has 32 heavy (non-hydrogen) atoms. The molecule has 1 atom stereocenters. The van der Waals surface area contributed by atoms with Gasteiger partial charge in [-0.25, -0.2) is 9.59 Å². The summed E-state index contributed by atoms with van der Waals surface area (Å²) in [6.07, 6.45) is 1.77. The third-order valence-electron chi connectivity index (χ3n) is 5.68. The molecule has 1 aromatic rings. The summed E-state index contributed by atoms with van der Waals surface area (Å²) >= 11 is 0. The van der Waals surface area contributed by atoms with Crippen LogP contribution in [-0.2, 0) is 19.2 Å². The van der Waals surface area contributed by atoms with E-state index in [-0.39, 0.29) is 30.6 Å². The standard InChI is InChI=1S/C21H27N3O8/c1-14(25)21(20(29)30,32-17-5-3-2-4-16(17)31-13-19(27)28)24-11-10-23(12-18(24)26)15-6-8-22-9-7-15/h2-5,15,22H,6-13H2,1H3,(H,27,28)(H,29,30). The summed E-state index contributed by atoms with van der Waals surface area (Å²) in [7, 11) is 0. The van der Waals surface area contributed by atoms with Crippen LogP contribution in [0.3, 0.4) is 0 Å². The number of carboxylic acids is 2. The number of ketones is 1. The molecule has 0 aromatic heterocycles. The number of carbonyl (C=O) groups excluding carboxylic acids is 2. The lowest BCUT2D eigenvalue weighted by atomic mass is 10.0. The smallest absolute Gasteiger partial charge is 0.378 e. The fraction of sp³-hybridized carbons (Fsp3) is 0.524. The molecule has 3 N–H and O–H groups in total. The van der Waals surface area contributed by atoms with Crippen molar-refractivity contribution in [1.29, 1.82) is 0 Å². The van der Waals surface area contributed by atoms with Crippen molar-refractivity contribution in [2.45, 2.75) is 31.5 Å². The van der Waals surface area contributed by atoms with Crippen LogP contribution in [0, 0.1) is 0 Å². The van der Waals surface area contributed by atoms with Crippen molar-refractivity contribution in [3.8, 4) is 11.5 Å². The van der Waals surface area contributed by atoms with E-state index < -0.39 is 36.0 Å². The van der Waals surface area contributed by atoms with E-state index in [9.17, 15) is 24.3 Å². The summed E-state index contributed by atoms with van der Waals surface area (Å²) < 4.78 is 10.9. The first kappa shape index (κ1) is 23.5. The molecule has 3 rings (SSSR count). The summed E-state index contributed by atoms with van der Waals surface area (Å²) in [5, 5.41) is 22.2. The molecule has 1 aromatic carbocycles. The molecule has 2 saturated heterocycles. The molecule has 174 valence electrons. The van der Waals surface area contributed by atoms with Gasteiger partial charge in [-0.3, -0.25) is 19.4 Å². The van der Waals surface area contributed by atoms with Gasteiger partial charge in [0.2, 0.25) is 11.7 Å². The molecule has 11 nitrogen and oxygen atoms in total. The van der Waals surface area contributed by atoms with Crippen molar-refractivity contribution in [3.05, 3.63) is 24.3 Å². The van der Waals surface area contributed by atoms with Gasteiger partial charge in [0.1, 0.15) is 0 Å². The number of hydrogen-bond donors (Lipinski definition) is 3. The first-order chi connectivity index (χ1) is 15.3. The monoisotopic (exact) mass is 449 g/mol. The Bertz CT molecular complexity index is 870. The summed E-state index contributed by atoms with van der Waals surface area (Å²) in [5.41, 5.74) is -2.60. The number of piperazine rings is 1. The zero-order chi connectivity index (χ0) is 23.3. The minimum absolute atomic E-state index is 0.00715. The molecule has 11 heteroatoms. The van der Waals surface area contributed by atoms with Gasteiger partial charge in [0, 0.05) is 26.1 Å². The minimum atomic E-state index is -2.60. The molecule has 1 amide bonds. The molecular formula is C21H27N3O8. The van der Waals surface area contributed by atoms with Gasteiger partial charge >= 0.3 is 17.7 Å². The number of carboxylic acid groups (broad SMARTS) is 2. The lowest BCUT2D eigenvalue weighted by Crippen LogP contribution is -2.70. The summed E-state index contributed by atoms with van der Waals surface area (Å²) in [6, 6.07) is 6.02. The van der Waals surface area contributed by atoms with Gasteiger partial charge in [0.25, 0.3) is 0 Å². The minimum Gasteiger partial charge on any atom is -0.479 e. The number of benzene rings is 1. The van der Waals surface area contributed by atoms with Crippen LogP contribution in [0.25, 0.3) is 0 Å². The van der Waals surface area contributed by atoms with Crippen molar-refractivity contribution >= 4 is 23.6 Å². The van der Waals surface area contributed by atoms with E-state index in [1.165, 1.54) is 18.2 Å². The summed E-state index contributed by atoms with van der Waals surface area (Å²) in [5.74, 6) is -4.50. The van der Waals surface area contributed by atoms with E-state index in [4.69, 9.17) is 14.6 Å². The number of nitrogens with one attached hydrogen (secondary N) is 1. The zero-order valence-electron chi connectivity index (χ0n) is 17.8. The zero-order valence-corrected chi connectivity index (χ0v) is 17.8. The molecule has 0 bridgehead atoms. The SMILES string of the molecule is CC(=O)C(Oc1ccccc1OCC(=O)O)(C(=O)O)N1CCN(C2CCNCC2)CC1=O. The van der Waals surface area contributed by atoms with Gasteiger partial charge in [0.05, 0.1) is 6.54 Å². The average molecular weight is 449 g/mol. The normalized spacial score (nSPS) is 19.8. The highest BCUT2D eigenvalue weighted by molar-refractivity contribution is 6.08. The molecule has 0 radical (unpaired) electrons. The van der Waals surface area contributed by atoms with E-state index >= 15 is 0 Å². The topological polar surface area (TPSA) is 146 Å². The first-order valence-electron chi connectivity index (χ1n) is 10.4. The summed E-state index contributed by atoms with van der Waals surface area (Å²) in [6.45, 7) is 2.43. The van der Waals surface area contributed by atoms with Crippen molar-refractivity contribution in [1.82, 2.24) is 15.1 Å². The second-order valence-corrected chi connectivity index (χ2v) is 7.73. The molecule has 2 fully saturated rings.